The molecule has 0 fully saturated rings. The Morgan fingerprint density at radius 1 is 0.880 bits per heavy atom. The van der Waals surface area contributed by atoms with Crippen LogP contribution in [0.15, 0.2) is 78.9 Å². The van der Waals surface area contributed by atoms with Crippen molar-refractivity contribution in [3.8, 4) is 11.4 Å². The monoisotopic (exact) mass is 736 g/mol. The molecule has 10 nitrogen and oxygen atoms in total. The van der Waals surface area contributed by atoms with Crippen molar-refractivity contribution >= 4 is 63.3 Å². The van der Waals surface area contributed by atoms with Crippen LogP contribution in [0.5, 0.6) is 0 Å². The quantitative estimate of drug-likeness (QED) is 0.0883. The summed E-state index contributed by atoms with van der Waals surface area (Å²) in [6.45, 7) is 3.56. The first-order chi connectivity index (χ1) is 24.1. The molecule has 0 aliphatic heterocycles. The molecule has 0 spiro atoms. The standard InChI is InChI=1S/C37H39Cl3N6O4/c1-23-16-24(2-9-29(23)38)20-42-21-36(50)43-32(19-35(41)49)27-6-11-34-33(18-27)44-37(46(34)22-25-3-10-30(39)31(40)17-25)26-4-7-28(8-5-26)45(12-14-47)13-15-48/h2-11,16-18,32,42,47-48H,12-15,19-22H2,1H3,(H2,41,49)(H,43,50). The van der Waals surface area contributed by atoms with Crippen LogP contribution < -0.4 is 21.3 Å². The van der Waals surface area contributed by atoms with E-state index in [1.54, 1.807) is 6.07 Å². The average Bonchev–Trinajstić information content (AvgIpc) is 3.44. The Morgan fingerprint density at radius 3 is 2.24 bits per heavy atom. The number of aliphatic hydroxyl groups excluding tert-OH is 2. The van der Waals surface area contributed by atoms with Crippen molar-refractivity contribution in [3.63, 3.8) is 0 Å². The summed E-state index contributed by atoms with van der Waals surface area (Å²) in [7, 11) is 0. The molecule has 2 amide bonds. The fourth-order valence-electron chi connectivity index (χ4n) is 5.83. The number of anilines is 1. The summed E-state index contributed by atoms with van der Waals surface area (Å²) in [5.41, 5.74) is 12.3. The molecule has 1 aromatic heterocycles. The molecule has 0 bridgehead atoms. The fraction of sp³-hybridized carbons (Fsp3) is 0.270. The van der Waals surface area contributed by atoms with Crippen molar-refractivity contribution in [2.75, 3.05) is 37.7 Å². The van der Waals surface area contributed by atoms with E-state index in [0.717, 1.165) is 33.5 Å². The topological polar surface area (TPSA) is 146 Å². The highest BCUT2D eigenvalue weighted by atomic mass is 35.5. The lowest BCUT2D eigenvalue weighted by Crippen LogP contribution is -2.37. The Hall–Kier alpha value is -4.16. The van der Waals surface area contributed by atoms with Gasteiger partial charge in [0.25, 0.3) is 0 Å². The molecule has 1 atom stereocenters. The Balaban J connectivity index is 1.44. The van der Waals surface area contributed by atoms with Gasteiger partial charge in [0.1, 0.15) is 5.82 Å². The zero-order valence-corrected chi connectivity index (χ0v) is 29.8. The van der Waals surface area contributed by atoms with E-state index in [1.165, 1.54) is 0 Å². The second-order valence-corrected chi connectivity index (χ2v) is 13.2. The molecule has 50 heavy (non-hydrogen) atoms. The Kier molecular flexibility index (Phi) is 12.7. The molecule has 5 rings (SSSR count). The van der Waals surface area contributed by atoms with Crippen LogP contribution >= 0.6 is 34.8 Å². The molecular weight excluding hydrogens is 699 g/mol. The number of amides is 2. The molecule has 0 saturated heterocycles. The van der Waals surface area contributed by atoms with Crippen molar-refractivity contribution in [1.29, 1.82) is 0 Å². The van der Waals surface area contributed by atoms with Crippen LogP contribution in [0.4, 0.5) is 5.69 Å². The third-order valence-corrected chi connectivity index (χ3v) is 9.47. The number of nitrogens with two attached hydrogens (primary N) is 1. The summed E-state index contributed by atoms with van der Waals surface area (Å²) in [5.74, 6) is -0.158. The lowest BCUT2D eigenvalue weighted by atomic mass is 10.0. The number of nitrogens with zero attached hydrogens (tertiary/aromatic N) is 3. The molecule has 0 aliphatic rings. The number of nitrogens with one attached hydrogen (secondary N) is 2. The molecule has 13 heteroatoms. The van der Waals surface area contributed by atoms with E-state index in [1.807, 2.05) is 84.6 Å². The molecule has 1 unspecified atom stereocenters. The van der Waals surface area contributed by atoms with Gasteiger partial charge < -0.3 is 36.0 Å². The minimum Gasteiger partial charge on any atom is -0.395 e. The molecule has 5 aromatic rings. The highest BCUT2D eigenvalue weighted by Crippen LogP contribution is 2.31. The Morgan fingerprint density at radius 2 is 1.58 bits per heavy atom. The predicted octanol–water partition coefficient (Wildman–Crippen LogP) is 5.63. The van der Waals surface area contributed by atoms with Gasteiger partial charge in [0.05, 0.1) is 53.3 Å². The molecule has 1 heterocycles. The number of halogens is 3. The SMILES string of the molecule is Cc1cc(CNCC(=O)NC(CC(N)=O)c2ccc3c(c2)nc(-c2ccc(N(CCO)CCO)cc2)n3Cc2ccc(Cl)c(Cl)c2)ccc1Cl. The minimum absolute atomic E-state index is 0.0334. The molecule has 262 valence electrons. The Bertz CT molecular complexity index is 1960. The first kappa shape index (κ1) is 37.1. The maximum Gasteiger partial charge on any atom is 0.234 e. The van der Waals surface area contributed by atoms with Gasteiger partial charge >= 0.3 is 0 Å². The fourth-order valence-corrected chi connectivity index (χ4v) is 6.27. The summed E-state index contributed by atoms with van der Waals surface area (Å²) < 4.78 is 2.07. The number of fused-ring (bicyclic) bond motifs is 1. The first-order valence-corrected chi connectivity index (χ1v) is 17.2. The highest BCUT2D eigenvalue weighted by molar-refractivity contribution is 6.42. The molecular formula is C37H39Cl3N6O4. The van der Waals surface area contributed by atoms with E-state index in [2.05, 4.69) is 15.2 Å². The molecule has 0 saturated carbocycles. The van der Waals surface area contributed by atoms with E-state index >= 15 is 0 Å². The summed E-state index contributed by atoms with van der Waals surface area (Å²) in [5, 5.41) is 26.7. The zero-order chi connectivity index (χ0) is 35.8. The number of carbonyl (C=O) groups is 2. The van der Waals surface area contributed by atoms with Crippen LogP contribution in [0.2, 0.25) is 15.1 Å². The number of aliphatic hydroxyl groups is 2. The van der Waals surface area contributed by atoms with E-state index in [4.69, 9.17) is 45.5 Å². The number of hydrogen-bond acceptors (Lipinski definition) is 7. The van der Waals surface area contributed by atoms with Crippen LogP contribution in [0.25, 0.3) is 22.4 Å². The number of imidazole rings is 1. The number of benzene rings is 4. The number of aromatic nitrogens is 2. The van der Waals surface area contributed by atoms with E-state index < -0.39 is 11.9 Å². The van der Waals surface area contributed by atoms with Crippen molar-refractivity contribution in [2.45, 2.75) is 32.5 Å². The van der Waals surface area contributed by atoms with Gasteiger partial charge in [0, 0.05) is 42.5 Å². The van der Waals surface area contributed by atoms with E-state index in [-0.39, 0.29) is 32.1 Å². The second-order valence-electron chi connectivity index (χ2n) is 12.0. The summed E-state index contributed by atoms with van der Waals surface area (Å²) in [6.07, 6.45) is -0.0931. The smallest absolute Gasteiger partial charge is 0.234 e. The van der Waals surface area contributed by atoms with Crippen LogP contribution in [0.1, 0.15) is 34.7 Å². The normalized spacial score (nSPS) is 11.9. The van der Waals surface area contributed by atoms with Crippen molar-refractivity contribution in [1.82, 2.24) is 20.2 Å². The number of primary amides is 1. The van der Waals surface area contributed by atoms with Gasteiger partial charge in [-0.15, -0.1) is 0 Å². The van der Waals surface area contributed by atoms with Crippen molar-refractivity contribution in [3.05, 3.63) is 116 Å². The van der Waals surface area contributed by atoms with Gasteiger partial charge in [-0.3, -0.25) is 9.59 Å². The number of rotatable bonds is 16. The maximum absolute atomic E-state index is 13.0. The average molecular weight is 738 g/mol. The largest absolute Gasteiger partial charge is 0.395 e. The van der Waals surface area contributed by atoms with Gasteiger partial charge in [-0.25, -0.2) is 4.98 Å². The van der Waals surface area contributed by atoms with Crippen LogP contribution in [0.3, 0.4) is 0 Å². The van der Waals surface area contributed by atoms with Crippen LogP contribution in [0, 0.1) is 6.92 Å². The third kappa shape index (κ3) is 9.33. The van der Waals surface area contributed by atoms with Gasteiger partial charge in [-0.05, 0) is 83.8 Å². The molecule has 0 aliphatic carbocycles. The summed E-state index contributed by atoms with van der Waals surface area (Å²) >= 11 is 18.7. The van der Waals surface area contributed by atoms with E-state index in [9.17, 15) is 19.8 Å². The summed E-state index contributed by atoms with van der Waals surface area (Å²) in [4.78, 5) is 32.1. The molecule has 4 aromatic carbocycles. The van der Waals surface area contributed by atoms with E-state index in [0.29, 0.717) is 58.2 Å². The lowest BCUT2D eigenvalue weighted by molar-refractivity contribution is -0.122. The number of aryl methyl sites for hydroxylation is 1. The second kappa shape index (κ2) is 17.2. The van der Waals surface area contributed by atoms with Crippen LogP contribution in [-0.2, 0) is 22.7 Å². The summed E-state index contributed by atoms with van der Waals surface area (Å²) in [6, 6.07) is 23.9. The van der Waals surface area contributed by atoms with Gasteiger partial charge in [0.2, 0.25) is 11.8 Å². The number of hydrogen-bond donors (Lipinski definition) is 5. The lowest BCUT2D eigenvalue weighted by Gasteiger charge is -2.23. The Labute approximate surface area is 305 Å². The maximum atomic E-state index is 13.0. The van der Waals surface area contributed by atoms with Gasteiger partial charge in [-0.1, -0.05) is 59.1 Å². The molecule has 0 radical (unpaired) electrons. The number of carbonyl (C=O) groups excluding carboxylic acids is 2. The molecule has 6 N–H and O–H groups in total. The third-order valence-electron chi connectivity index (χ3n) is 8.31. The minimum atomic E-state index is -0.670. The van der Waals surface area contributed by atoms with Crippen molar-refractivity contribution < 1.29 is 19.8 Å². The predicted molar refractivity (Wildman–Crippen MR) is 200 cm³/mol. The van der Waals surface area contributed by atoms with Gasteiger partial charge in [-0.2, -0.15) is 0 Å². The first-order valence-electron chi connectivity index (χ1n) is 16.1. The zero-order valence-electron chi connectivity index (χ0n) is 27.5. The van der Waals surface area contributed by atoms with Gasteiger partial charge in [0.15, 0.2) is 0 Å². The van der Waals surface area contributed by atoms with Crippen molar-refractivity contribution in [2.24, 2.45) is 5.73 Å². The van der Waals surface area contributed by atoms with Crippen LogP contribution in [-0.4, -0.2) is 64.4 Å². The highest BCUT2D eigenvalue weighted by Gasteiger charge is 2.21.